The molecule has 0 fully saturated rings. The molecule has 0 N–H and O–H groups in total. The summed E-state index contributed by atoms with van der Waals surface area (Å²) in [6.07, 6.45) is 1.62. The topological polar surface area (TPSA) is 56.1 Å². The Kier molecular flexibility index (Phi) is 3.05. The second-order valence-electron chi connectivity index (χ2n) is 3.54. The Morgan fingerprint density at radius 2 is 1.94 bits per heavy atom. The molecule has 17 heavy (non-hydrogen) atoms. The number of aromatic nitrogens is 1. The van der Waals surface area contributed by atoms with Crippen LogP contribution < -0.4 is 5.56 Å². The van der Waals surface area contributed by atoms with Crippen LogP contribution in [0.2, 0.25) is 0 Å². The van der Waals surface area contributed by atoms with Gasteiger partial charge in [0.15, 0.2) is 0 Å². The van der Waals surface area contributed by atoms with Crippen molar-refractivity contribution in [2.45, 2.75) is 4.90 Å². The smallest absolute Gasteiger partial charge is 0.261 e. The van der Waals surface area contributed by atoms with Crippen LogP contribution in [0.1, 0.15) is 0 Å². The van der Waals surface area contributed by atoms with Crippen LogP contribution in [0.5, 0.6) is 0 Å². The average Bonchev–Trinajstić information content (AvgIpc) is 2.24. The van der Waals surface area contributed by atoms with Gasteiger partial charge >= 0.3 is 0 Å². The highest BCUT2D eigenvalue weighted by Gasteiger charge is 2.13. The number of rotatable bonds is 1. The number of fused-ring (bicyclic) bond motifs is 1. The largest absolute Gasteiger partial charge is 0.317 e. The predicted octanol–water partition coefficient (Wildman–Crippen LogP) is 2.23. The standard InChI is InChI=1S/C10H7BrClNO3S/c1-13-5-9(11)7-3-2-6(17(12,15)16)4-8(7)10(13)14/h2-5H,1H3. The maximum atomic E-state index is 11.9. The minimum atomic E-state index is -3.83. The zero-order chi connectivity index (χ0) is 12.8. The van der Waals surface area contributed by atoms with Crippen molar-refractivity contribution in [1.82, 2.24) is 4.57 Å². The van der Waals surface area contributed by atoms with Crippen LogP contribution in [0, 0.1) is 0 Å². The molecule has 1 aromatic carbocycles. The highest BCUT2D eigenvalue weighted by atomic mass is 79.9. The summed E-state index contributed by atoms with van der Waals surface area (Å²) < 4.78 is 24.5. The lowest BCUT2D eigenvalue weighted by Gasteiger charge is -2.05. The van der Waals surface area contributed by atoms with Crippen molar-refractivity contribution < 1.29 is 8.42 Å². The molecule has 0 bridgehead atoms. The molecule has 0 spiro atoms. The summed E-state index contributed by atoms with van der Waals surface area (Å²) in [5, 5.41) is 0.959. The van der Waals surface area contributed by atoms with E-state index in [4.69, 9.17) is 10.7 Å². The van der Waals surface area contributed by atoms with Gasteiger partial charge in [-0.2, -0.15) is 0 Å². The molecule has 0 aliphatic heterocycles. The van der Waals surface area contributed by atoms with Crippen LogP contribution in [-0.4, -0.2) is 13.0 Å². The van der Waals surface area contributed by atoms with Crippen molar-refractivity contribution in [2.75, 3.05) is 0 Å². The SMILES string of the molecule is Cn1cc(Br)c2ccc(S(=O)(=O)Cl)cc2c1=O. The van der Waals surface area contributed by atoms with Crippen molar-refractivity contribution >= 4 is 46.4 Å². The number of benzene rings is 1. The Morgan fingerprint density at radius 3 is 2.53 bits per heavy atom. The van der Waals surface area contributed by atoms with Gasteiger partial charge in [0, 0.05) is 39.2 Å². The third-order valence-electron chi connectivity index (χ3n) is 2.39. The molecule has 90 valence electrons. The number of nitrogens with zero attached hydrogens (tertiary/aromatic N) is 1. The molecule has 7 heteroatoms. The number of hydrogen-bond acceptors (Lipinski definition) is 3. The summed E-state index contributed by atoms with van der Waals surface area (Å²) in [6, 6.07) is 4.20. The monoisotopic (exact) mass is 335 g/mol. The zero-order valence-corrected chi connectivity index (χ0v) is 11.8. The van der Waals surface area contributed by atoms with Crippen molar-refractivity contribution in [3.8, 4) is 0 Å². The highest BCUT2D eigenvalue weighted by Crippen LogP contribution is 2.24. The minimum Gasteiger partial charge on any atom is -0.317 e. The molecule has 2 aromatic rings. The Morgan fingerprint density at radius 1 is 1.29 bits per heavy atom. The van der Waals surface area contributed by atoms with E-state index in [-0.39, 0.29) is 10.5 Å². The van der Waals surface area contributed by atoms with Crippen molar-refractivity contribution in [1.29, 1.82) is 0 Å². The first-order chi connectivity index (χ1) is 7.80. The lowest BCUT2D eigenvalue weighted by molar-refractivity contribution is 0.609. The Balaban J connectivity index is 2.96. The van der Waals surface area contributed by atoms with Crippen LogP contribution in [0.4, 0.5) is 0 Å². The van der Waals surface area contributed by atoms with Gasteiger partial charge in [-0.3, -0.25) is 4.79 Å². The van der Waals surface area contributed by atoms with Crippen LogP contribution in [0.3, 0.4) is 0 Å². The van der Waals surface area contributed by atoms with Gasteiger partial charge < -0.3 is 4.57 Å². The van der Waals surface area contributed by atoms with Gasteiger partial charge in [-0.1, -0.05) is 6.07 Å². The molecule has 0 saturated heterocycles. The van der Waals surface area contributed by atoms with Gasteiger partial charge in [0.05, 0.1) is 4.90 Å². The quantitative estimate of drug-likeness (QED) is 0.750. The van der Waals surface area contributed by atoms with E-state index in [1.54, 1.807) is 19.3 Å². The Bertz CT molecular complexity index is 767. The normalized spacial score (nSPS) is 11.9. The maximum absolute atomic E-state index is 11.9. The van der Waals surface area contributed by atoms with E-state index in [1.807, 2.05) is 0 Å². The second-order valence-corrected chi connectivity index (χ2v) is 6.96. The van der Waals surface area contributed by atoms with Gasteiger partial charge in [0.2, 0.25) is 0 Å². The fourth-order valence-corrected chi connectivity index (χ4v) is 2.98. The van der Waals surface area contributed by atoms with E-state index in [2.05, 4.69) is 15.9 Å². The van der Waals surface area contributed by atoms with E-state index in [9.17, 15) is 13.2 Å². The number of hydrogen-bond donors (Lipinski definition) is 0. The van der Waals surface area contributed by atoms with E-state index in [1.165, 1.54) is 16.7 Å². The zero-order valence-electron chi connectivity index (χ0n) is 8.65. The van der Waals surface area contributed by atoms with Crippen molar-refractivity contribution in [3.05, 3.63) is 39.2 Å². The molecule has 2 rings (SSSR count). The summed E-state index contributed by atoms with van der Waals surface area (Å²) in [5.74, 6) is 0. The van der Waals surface area contributed by atoms with E-state index in [0.29, 0.717) is 15.2 Å². The molecule has 1 heterocycles. The summed E-state index contributed by atoms with van der Waals surface area (Å²) in [4.78, 5) is 11.8. The average molecular weight is 337 g/mol. The summed E-state index contributed by atoms with van der Waals surface area (Å²) >= 11 is 3.31. The lowest BCUT2D eigenvalue weighted by atomic mass is 10.2. The minimum absolute atomic E-state index is 0.0816. The van der Waals surface area contributed by atoms with Crippen LogP contribution in [0.25, 0.3) is 10.8 Å². The van der Waals surface area contributed by atoms with E-state index >= 15 is 0 Å². The van der Waals surface area contributed by atoms with Gasteiger partial charge in [-0.05, 0) is 28.1 Å². The summed E-state index contributed by atoms with van der Waals surface area (Å²) in [6.45, 7) is 0. The molecule has 0 saturated carbocycles. The first-order valence-electron chi connectivity index (χ1n) is 4.54. The van der Waals surface area contributed by atoms with Crippen LogP contribution in [-0.2, 0) is 16.1 Å². The van der Waals surface area contributed by atoms with E-state index in [0.717, 1.165) is 0 Å². The second kappa shape index (κ2) is 4.12. The number of aryl methyl sites for hydroxylation is 1. The maximum Gasteiger partial charge on any atom is 0.261 e. The molecule has 0 aliphatic rings. The van der Waals surface area contributed by atoms with Gasteiger partial charge in [0.25, 0.3) is 14.6 Å². The molecule has 1 aromatic heterocycles. The first-order valence-corrected chi connectivity index (χ1v) is 7.64. The van der Waals surface area contributed by atoms with Gasteiger partial charge in [-0.15, -0.1) is 0 Å². The van der Waals surface area contributed by atoms with Crippen molar-refractivity contribution in [3.63, 3.8) is 0 Å². The Hall–Kier alpha value is -0.850. The van der Waals surface area contributed by atoms with Crippen molar-refractivity contribution in [2.24, 2.45) is 7.05 Å². The van der Waals surface area contributed by atoms with Gasteiger partial charge in [-0.25, -0.2) is 8.42 Å². The fourth-order valence-electron chi connectivity index (χ4n) is 1.55. The summed E-state index contributed by atoms with van der Waals surface area (Å²) in [5.41, 5.74) is -0.273. The first kappa shape index (κ1) is 12.6. The number of pyridine rings is 1. The Labute approximate surface area is 110 Å². The third-order valence-corrected chi connectivity index (χ3v) is 4.37. The lowest BCUT2D eigenvalue weighted by Crippen LogP contribution is -2.16. The molecule has 0 aliphatic carbocycles. The molecule has 0 radical (unpaired) electrons. The highest BCUT2D eigenvalue weighted by molar-refractivity contribution is 9.10. The molecule has 0 unspecified atom stereocenters. The molecular weight excluding hydrogens is 330 g/mol. The molecule has 0 atom stereocenters. The fraction of sp³-hybridized carbons (Fsp3) is 0.100. The molecule has 4 nitrogen and oxygen atoms in total. The molecular formula is C10H7BrClNO3S. The van der Waals surface area contributed by atoms with Crippen LogP contribution >= 0.6 is 26.6 Å². The van der Waals surface area contributed by atoms with Crippen LogP contribution in [0.15, 0.2) is 38.6 Å². The van der Waals surface area contributed by atoms with E-state index < -0.39 is 9.05 Å². The predicted molar refractivity (Wildman–Crippen MR) is 69.9 cm³/mol. The number of halogens is 2. The molecule has 0 amide bonds. The summed E-state index contributed by atoms with van der Waals surface area (Å²) in [7, 11) is 3.01. The third kappa shape index (κ3) is 2.25. The van der Waals surface area contributed by atoms with Gasteiger partial charge in [0.1, 0.15) is 0 Å².